The third-order valence-electron chi connectivity index (χ3n) is 3.91. The third kappa shape index (κ3) is 3.64. The summed E-state index contributed by atoms with van der Waals surface area (Å²) in [5.74, 6) is 0.00196. The fraction of sp³-hybridized carbons (Fsp3) is 0.167. The maximum absolute atomic E-state index is 12.8. The molecule has 0 saturated heterocycles. The van der Waals surface area contributed by atoms with Crippen LogP contribution in [0.5, 0.6) is 0 Å². The number of fused-ring (bicyclic) bond motifs is 1. The smallest absolute Gasteiger partial charge is 0.329 e. The molecule has 134 valence electrons. The number of hydrazine groups is 1. The van der Waals surface area contributed by atoms with Gasteiger partial charge in [-0.3, -0.25) is 10.2 Å². The molecule has 0 spiro atoms. The van der Waals surface area contributed by atoms with Crippen molar-refractivity contribution in [1.29, 1.82) is 0 Å². The number of urea groups is 1. The van der Waals surface area contributed by atoms with E-state index in [-0.39, 0.29) is 0 Å². The van der Waals surface area contributed by atoms with Crippen molar-refractivity contribution in [2.24, 2.45) is 0 Å². The topological polar surface area (TPSA) is 88.1 Å². The largest absolute Gasteiger partial charge is 0.337 e. The summed E-state index contributed by atoms with van der Waals surface area (Å²) < 4.78 is 14.9. The van der Waals surface area contributed by atoms with E-state index >= 15 is 0 Å². The van der Waals surface area contributed by atoms with E-state index in [1.54, 1.807) is 12.1 Å². The summed E-state index contributed by atoms with van der Waals surface area (Å²) in [4.78, 5) is 28.4. The molecule has 0 aliphatic heterocycles. The molecule has 3 rings (SSSR count). The minimum atomic E-state index is -0.642. The molecule has 0 aliphatic rings. The van der Waals surface area contributed by atoms with Crippen LogP contribution in [0.3, 0.4) is 0 Å². The zero-order chi connectivity index (χ0) is 18.7. The number of hydrogen-bond acceptors (Lipinski definition) is 3. The highest BCUT2D eigenvalue weighted by Crippen LogP contribution is 2.17. The lowest BCUT2D eigenvalue weighted by Gasteiger charge is -2.09. The number of aromatic nitrogens is 2. The second-order valence-electron chi connectivity index (χ2n) is 5.65. The molecule has 0 unspecified atom stereocenters. The molecular weight excluding hydrogens is 337 g/mol. The van der Waals surface area contributed by atoms with E-state index < -0.39 is 17.8 Å². The van der Waals surface area contributed by atoms with Crippen LogP contribution in [0, 0.1) is 12.7 Å². The molecule has 2 aromatic carbocycles. The van der Waals surface area contributed by atoms with Gasteiger partial charge < -0.3 is 9.88 Å². The molecule has 0 fully saturated rings. The number of amides is 3. The van der Waals surface area contributed by atoms with Crippen LogP contribution < -0.4 is 16.2 Å². The van der Waals surface area contributed by atoms with Gasteiger partial charge >= 0.3 is 6.03 Å². The van der Waals surface area contributed by atoms with E-state index in [9.17, 15) is 14.0 Å². The highest BCUT2D eigenvalue weighted by Gasteiger charge is 2.11. The first-order valence-electron chi connectivity index (χ1n) is 8.07. The summed E-state index contributed by atoms with van der Waals surface area (Å²) in [7, 11) is 0. The van der Waals surface area contributed by atoms with Crippen molar-refractivity contribution in [1.82, 2.24) is 20.4 Å². The Labute approximate surface area is 149 Å². The number of anilines is 1. The van der Waals surface area contributed by atoms with Crippen molar-refractivity contribution in [3.05, 3.63) is 59.7 Å². The third-order valence-corrected chi connectivity index (χ3v) is 3.91. The van der Waals surface area contributed by atoms with Crippen LogP contribution in [0.1, 0.15) is 23.1 Å². The van der Waals surface area contributed by atoms with Gasteiger partial charge in [0.05, 0.1) is 11.0 Å². The van der Waals surface area contributed by atoms with Crippen LogP contribution in [0.25, 0.3) is 11.0 Å². The van der Waals surface area contributed by atoms with Crippen LogP contribution in [-0.4, -0.2) is 21.5 Å². The van der Waals surface area contributed by atoms with Gasteiger partial charge in [0.1, 0.15) is 11.6 Å². The Bertz CT molecular complexity index is 966. The molecule has 3 aromatic rings. The van der Waals surface area contributed by atoms with Crippen LogP contribution in [0.2, 0.25) is 0 Å². The fourth-order valence-electron chi connectivity index (χ4n) is 2.67. The predicted molar refractivity (Wildman–Crippen MR) is 96.2 cm³/mol. The van der Waals surface area contributed by atoms with Gasteiger partial charge in [-0.15, -0.1) is 0 Å². The standard InChI is InChI=1S/C18H18FN5O2/c1-3-24-11(2)20-15-10-12(4-9-16(15)24)17(25)22-23-18(26)21-14-7-5-13(19)6-8-14/h4-10H,3H2,1-2H3,(H,22,25)(H2,21,23,26). The molecule has 0 bridgehead atoms. The van der Waals surface area contributed by atoms with Gasteiger partial charge in [-0.25, -0.2) is 19.6 Å². The molecule has 26 heavy (non-hydrogen) atoms. The average Bonchev–Trinajstić information content (AvgIpc) is 2.95. The summed E-state index contributed by atoms with van der Waals surface area (Å²) >= 11 is 0. The van der Waals surface area contributed by atoms with E-state index in [1.165, 1.54) is 24.3 Å². The van der Waals surface area contributed by atoms with Gasteiger partial charge in [-0.1, -0.05) is 0 Å². The quantitative estimate of drug-likeness (QED) is 0.631. The first kappa shape index (κ1) is 17.4. The summed E-state index contributed by atoms with van der Waals surface area (Å²) in [6.45, 7) is 4.72. The van der Waals surface area contributed by atoms with Crippen molar-refractivity contribution in [3.8, 4) is 0 Å². The number of carbonyl (C=O) groups excluding carboxylic acids is 2. The number of nitrogens with zero attached hydrogens (tertiary/aromatic N) is 2. The number of carbonyl (C=O) groups is 2. The van der Waals surface area contributed by atoms with Crippen molar-refractivity contribution < 1.29 is 14.0 Å². The van der Waals surface area contributed by atoms with E-state index in [1.807, 2.05) is 24.5 Å². The lowest BCUT2D eigenvalue weighted by atomic mass is 10.2. The number of imidazole rings is 1. The van der Waals surface area contributed by atoms with Crippen LogP contribution in [0.15, 0.2) is 42.5 Å². The maximum atomic E-state index is 12.8. The molecule has 0 radical (unpaired) electrons. The van der Waals surface area contributed by atoms with Crippen molar-refractivity contribution in [3.63, 3.8) is 0 Å². The SMILES string of the molecule is CCn1c(C)nc2cc(C(=O)NNC(=O)Nc3ccc(F)cc3)ccc21. The van der Waals surface area contributed by atoms with E-state index in [0.29, 0.717) is 16.8 Å². The van der Waals surface area contributed by atoms with Crippen LogP contribution >= 0.6 is 0 Å². The first-order valence-corrected chi connectivity index (χ1v) is 8.07. The van der Waals surface area contributed by atoms with Gasteiger partial charge in [0.15, 0.2) is 0 Å². The zero-order valence-corrected chi connectivity index (χ0v) is 14.3. The second kappa shape index (κ2) is 7.22. The van der Waals surface area contributed by atoms with E-state index in [4.69, 9.17) is 0 Å². The Morgan fingerprint density at radius 1 is 1.12 bits per heavy atom. The minimum absolute atomic E-state index is 0.375. The molecular formula is C18H18FN5O2. The van der Waals surface area contributed by atoms with Gasteiger partial charge in [-0.2, -0.15) is 0 Å². The van der Waals surface area contributed by atoms with Crippen molar-refractivity contribution >= 4 is 28.7 Å². The Morgan fingerprint density at radius 3 is 2.54 bits per heavy atom. The summed E-state index contributed by atoms with van der Waals surface area (Å²) in [5, 5.41) is 2.48. The Morgan fingerprint density at radius 2 is 1.85 bits per heavy atom. The zero-order valence-electron chi connectivity index (χ0n) is 14.3. The number of nitrogens with one attached hydrogen (secondary N) is 3. The molecule has 3 N–H and O–H groups in total. The van der Waals surface area contributed by atoms with Gasteiger partial charge in [-0.05, 0) is 56.3 Å². The van der Waals surface area contributed by atoms with Crippen molar-refractivity contribution in [2.45, 2.75) is 20.4 Å². The molecule has 0 aliphatic carbocycles. The van der Waals surface area contributed by atoms with E-state index in [2.05, 4.69) is 21.2 Å². The maximum Gasteiger partial charge on any atom is 0.337 e. The average molecular weight is 355 g/mol. The molecule has 1 heterocycles. The molecule has 8 heteroatoms. The Balaban J connectivity index is 1.63. The Kier molecular flexibility index (Phi) is 4.83. The van der Waals surface area contributed by atoms with Crippen LogP contribution in [0.4, 0.5) is 14.9 Å². The number of halogens is 1. The van der Waals surface area contributed by atoms with Gasteiger partial charge in [0.25, 0.3) is 5.91 Å². The fourth-order valence-corrected chi connectivity index (χ4v) is 2.67. The normalized spacial score (nSPS) is 10.6. The number of aryl methyl sites for hydroxylation is 2. The summed E-state index contributed by atoms with van der Waals surface area (Å²) in [6.07, 6.45) is 0. The lowest BCUT2D eigenvalue weighted by Crippen LogP contribution is -2.43. The van der Waals surface area contributed by atoms with Crippen LogP contribution in [-0.2, 0) is 6.54 Å². The second-order valence-corrected chi connectivity index (χ2v) is 5.65. The molecule has 3 amide bonds. The highest BCUT2D eigenvalue weighted by molar-refractivity contribution is 5.99. The van der Waals surface area contributed by atoms with Gasteiger partial charge in [0.2, 0.25) is 0 Å². The van der Waals surface area contributed by atoms with E-state index in [0.717, 1.165) is 17.9 Å². The number of benzene rings is 2. The molecule has 7 nitrogen and oxygen atoms in total. The number of hydrogen-bond donors (Lipinski definition) is 3. The van der Waals surface area contributed by atoms with Gasteiger partial charge in [0, 0.05) is 17.8 Å². The monoisotopic (exact) mass is 355 g/mol. The molecule has 1 aromatic heterocycles. The Hall–Kier alpha value is -3.42. The van der Waals surface area contributed by atoms with Crippen molar-refractivity contribution in [2.75, 3.05) is 5.32 Å². The highest BCUT2D eigenvalue weighted by atomic mass is 19.1. The predicted octanol–water partition coefficient (Wildman–Crippen LogP) is 2.97. The molecule has 0 atom stereocenters. The summed E-state index contributed by atoms with van der Waals surface area (Å²) in [5.41, 5.74) is 7.01. The number of rotatable bonds is 3. The molecule has 0 saturated carbocycles. The first-order chi connectivity index (χ1) is 12.5. The lowest BCUT2D eigenvalue weighted by molar-refractivity contribution is 0.0938. The summed E-state index contributed by atoms with van der Waals surface area (Å²) in [6, 6.07) is 9.80. The minimum Gasteiger partial charge on any atom is -0.329 e.